The van der Waals surface area contributed by atoms with Gasteiger partial charge in [0.1, 0.15) is 0 Å². The van der Waals surface area contributed by atoms with Crippen LogP contribution in [0.15, 0.2) is 35.0 Å². The van der Waals surface area contributed by atoms with Crippen molar-refractivity contribution < 1.29 is 5.11 Å². The molecule has 0 saturated heterocycles. The summed E-state index contributed by atoms with van der Waals surface area (Å²) in [5.74, 6) is 0. The van der Waals surface area contributed by atoms with Crippen LogP contribution in [0.4, 0.5) is 0 Å². The summed E-state index contributed by atoms with van der Waals surface area (Å²) in [6.45, 7) is 3.18. The van der Waals surface area contributed by atoms with Crippen molar-refractivity contribution in [1.82, 2.24) is 4.90 Å². The number of rotatable bonds is 7. The first-order valence-electron chi connectivity index (χ1n) is 5.76. The van der Waals surface area contributed by atoms with Crippen LogP contribution < -0.4 is 0 Å². The maximum atomic E-state index is 8.95. The van der Waals surface area contributed by atoms with Gasteiger partial charge in [0, 0.05) is 36.0 Å². The first kappa shape index (κ1) is 12.8. The van der Waals surface area contributed by atoms with Crippen LogP contribution in [0.25, 0.3) is 0 Å². The van der Waals surface area contributed by atoms with Gasteiger partial charge < -0.3 is 5.11 Å². The lowest BCUT2D eigenvalue weighted by Crippen LogP contribution is -2.23. The first-order valence-corrected chi connectivity index (χ1v) is 7.52. The molecule has 0 spiro atoms. The molecule has 0 atom stereocenters. The highest BCUT2D eigenvalue weighted by Crippen LogP contribution is 2.17. The minimum atomic E-state index is 0.269. The van der Waals surface area contributed by atoms with E-state index < -0.39 is 0 Å². The molecule has 0 unspecified atom stereocenters. The molecule has 0 saturated carbocycles. The van der Waals surface area contributed by atoms with Gasteiger partial charge in [0.05, 0.1) is 0 Å². The van der Waals surface area contributed by atoms with Crippen LogP contribution >= 0.6 is 22.7 Å². The van der Waals surface area contributed by atoms with E-state index in [4.69, 9.17) is 5.11 Å². The number of aliphatic hydroxyl groups excluding tert-OH is 1. The van der Waals surface area contributed by atoms with Gasteiger partial charge in [0.2, 0.25) is 0 Å². The maximum absolute atomic E-state index is 8.95. The number of hydrogen-bond acceptors (Lipinski definition) is 4. The van der Waals surface area contributed by atoms with Gasteiger partial charge in [-0.1, -0.05) is 12.1 Å². The number of thiophene rings is 2. The predicted molar refractivity (Wildman–Crippen MR) is 74.5 cm³/mol. The molecular weight excluding hydrogens is 250 g/mol. The van der Waals surface area contributed by atoms with Crippen molar-refractivity contribution in [2.45, 2.75) is 19.5 Å². The predicted octanol–water partition coefficient (Wildman–Crippen LogP) is 3.19. The van der Waals surface area contributed by atoms with Crippen LogP contribution in [-0.4, -0.2) is 23.2 Å². The third-order valence-electron chi connectivity index (χ3n) is 2.55. The van der Waals surface area contributed by atoms with E-state index in [0.29, 0.717) is 0 Å². The van der Waals surface area contributed by atoms with Gasteiger partial charge in [-0.05, 0) is 29.3 Å². The Labute approximate surface area is 110 Å². The van der Waals surface area contributed by atoms with Gasteiger partial charge in [0.15, 0.2) is 0 Å². The molecule has 0 aliphatic rings. The molecule has 2 rings (SSSR count). The van der Waals surface area contributed by atoms with Crippen LogP contribution in [0.2, 0.25) is 0 Å². The lowest BCUT2D eigenvalue weighted by atomic mass is 10.3. The van der Waals surface area contributed by atoms with Crippen molar-refractivity contribution in [3.63, 3.8) is 0 Å². The number of aliphatic hydroxyl groups is 1. The van der Waals surface area contributed by atoms with Crippen molar-refractivity contribution in [3.8, 4) is 0 Å². The van der Waals surface area contributed by atoms with Gasteiger partial charge in [-0.2, -0.15) is 0 Å². The number of hydrogen-bond donors (Lipinski definition) is 1. The second-order valence-corrected chi connectivity index (χ2v) is 6.01. The van der Waals surface area contributed by atoms with Gasteiger partial charge in [-0.15, -0.1) is 22.7 Å². The third kappa shape index (κ3) is 4.24. The van der Waals surface area contributed by atoms with Gasteiger partial charge in [0.25, 0.3) is 0 Å². The highest BCUT2D eigenvalue weighted by atomic mass is 32.1. The normalized spacial score (nSPS) is 11.2. The van der Waals surface area contributed by atoms with Gasteiger partial charge in [-0.3, -0.25) is 4.90 Å². The molecule has 1 N–H and O–H groups in total. The zero-order valence-corrected chi connectivity index (χ0v) is 11.3. The van der Waals surface area contributed by atoms with E-state index >= 15 is 0 Å². The van der Waals surface area contributed by atoms with E-state index in [0.717, 1.165) is 26.1 Å². The fourth-order valence-corrected chi connectivity index (χ4v) is 3.25. The standard InChI is InChI=1S/C13H17NOS2/c15-7-3-6-14(10-12-4-1-8-16-12)11-13-5-2-9-17-13/h1-2,4-5,8-9,15H,3,6-7,10-11H2. The Balaban J connectivity index is 1.92. The fourth-order valence-electron chi connectivity index (χ4n) is 1.75. The Hall–Kier alpha value is -0.680. The molecule has 0 fully saturated rings. The Kier molecular flexibility index (Phi) is 5.19. The summed E-state index contributed by atoms with van der Waals surface area (Å²) in [4.78, 5) is 5.17. The average Bonchev–Trinajstić information content (AvgIpc) is 2.99. The molecular formula is C13H17NOS2. The zero-order chi connectivity index (χ0) is 11.9. The van der Waals surface area contributed by atoms with Crippen molar-refractivity contribution in [1.29, 1.82) is 0 Å². The fraction of sp³-hybridized carbons (Fsp3) is 0.385. The molecule has 0 radical (unpaired) electrons. The zero-order valence-electron chi connectivity index (χ0n) is 9.71. The minimum absolute atomic E-state index is 0.269. The van der Waals surface area contributed by atoms with Crippen molar-refractivity contribution in [2.75, 3.05) is 13.2 Å². The van der Waals surface area contributed by atoms with E-state index in [1.54, 1.807) is 22.7 Å². The summed E-state index contributed by atoms with van der Waals surface area (Å²) < 4.78 is 0. The van der Waals surface area contributed by atoms with E-state index in [1.165, 1.54) is 9.75 Å². The van der Waals surface area contributed by atoms with Crippen molar-refractivity contribution >= 4 is 22.7 Å². The van der Waals surface area contributed by atoms with E-state index in [-0.39, 0.29) is 6.61 Å². The quantitative estimate of drug-likeness (QED) is 0.833. The Morgan fingerprint density at radius 2 is 1.59 bits per heavy atom. The third-order valence-corrected chi connectivity index (χ3v) is 4.27. The summed E-state index contributed by atoms with van der Waals surface area (Å²) in [6.07, 6.45) is 0.844. The van der Waals surface area contributed by atoms with E-state index in [1.807, 2.05) is 0 Å². The Bertz CT molecular complexity index is 361. The smallest absolute Gasteiger partial charge is 0.0443 e. The topological polar surface area (TPSA) is 23.5 Å². The molecule has 92 valence electrons. The van der Waals surface area contributed by atoms with Crippen LogP contribution in [0.5, 0.6) is 0 Å². The molecule has 4 heteroatoms. The largest absolute Gasteiger partial charge is 0.396 e. The van der Waals surface area contributed by atoms with Gasteiger partial charge in [-0.25, -0.2) is 0 Å². The van der Waals surface area contributed by atoms with Crippen molar-refractivity contribution in [2.24, 2.45) is 0 Å². The molecule has 0 amide bonds. The Morgan fingerprint density at radius 3 is 2.00 bits per heavy atom. The highest BCUT2D eigenvalue weighted by Gasteiger charge is 2.08. The summed E-state index contributed by atoms with van der Waals surface area (Å²) in [5.41, 5.74) is 0. The maximum Gasteiger partial charge on any atom is 0.0443 e. The summed E-state index contributed by atoms with van der Waals surface area (Å²) in [5, 5.41) is 13.2. The molecule has 2 aromatic heterocycles. The lowest BCUT2D eigenvalue weighted by Gasteiger charge is -2.20. The van der Waals surface area contributed by atoms with Crippen LogP contribution in [0.3, 0.4) is 0 Å². The summed E-state index contributed by atoms with van der Waals surface area (Å²) in [6, 6.07) is 8.53. The average molecular weight is 267 g/mol. The number of nitrogens with zero attached hydrogens (tertiary/aromatic N) is 1. The van der Waals surface area contributed by atoms with Crippen LogP contribution in [0.1, 0.15) is 16.2 Å². The van der Waals surface area contributed by atoms with Crippen LogP contribution in [0, 0.1) is 0 Å². The van der Waals surface area contributed by atoms with Gasteiger partial charge >= 0.3 is 0 Å². The second-order valence-electron chi connectivity index (χ2n) is 3.95. The van der Waals surface area contributed by atoms with Crippen molar-refractivity contribution in [3.05, 3.63) is 44.8 Å². The Morgan fingerprint density at radius 1 is 1.00 bits per heavy atom. The summed E-state index contributed by atoms with van der Waals surface area (Å²) >= 11 is 3.59. The molecule has 0 bridgehead atoms. The van der Waals surface area contributed by atoms with Crippen LogP contribution in [-0.2, 0) is 13.1 Å². The lowest BCUT2D eigenvalue weighted by molar-refractivity contribution is 0.215. The second kappa shape index (κ2) is 6.91. The van der Waals surface area contributed by atoms with E-state index in [9.17, 15) is 0 Å². The molecule has 0 aromatic carbocycles. The molecule has 2 aromatic rings. The molecule has 17 heavy (non-hydrogen) atoms. The minimum Gasteiger partial charge on any atom is -0.396 e. The molecule has 2 heterocycles. The SMILES string of the molecule is OCCCN(Cc1cccs1)Cc1cccs1. The first-order chi connectivity index (χ1) is 8.38. The van der Waals surface area contributed by atoms with E-state index in [2.05, 4.69) is 39.9 Å². The highest BCUT2D eigenvalue weighted by molar-refractivity contribution is 7.10. The summed E-state index contributed by atoms with van der Waals surface area (Å²) in [7, 11) is 0. The monoisotopic (exact) mass is 267 g/mol. The molecule has 0 aliphatic carbocycles. The molecule has 0 aliphatic heterocycles. The molecule has 2 nitrogen and oxygen atoms in total.